The summed E-state index contributed by atoms with van der Waals surface area (Å²) in [6.45, 7) is 3.71. The maximum atomic E-state index is 13.0. The maximum absolute atomic E-state index is 13.0. The molecule has 1 aromatic rings. The largest absolute Gasteiger partial charge is 0.207 e. The molecule has 0 bridgehead atoms. The smallest absolute Gasteiger partial charge is 0.126 e. The summed E-state index contributed by atoms with van der Waals surface area (Å²) in [4.78, 5) is 0. The minimum Gasteiger partial charge on any atom is -0.207 e. The molecular formula is C12H12FN. The molecule has 1 aromatic carbocycles. The molecule has 0 aliphatic heterocycles. The zero-order valence-electron chi connectivity index (χ0n) is 8.34. The number of nitrogens with zero attached hydrogens (tertiary/aromatic N) is 1. The molecule has 2 rings (SSSR count). The van der Waals surface area contributed by atoms with E-state index in [4.69, 9.17) is 5.26 Å². The minimum atomic E-state index is -0.218. The topological polar surface area (TPSA) is 23.8 Å². The number of rotatable bonds is 1. The Kier molecular flexibility index (Phi) is 1.85. The van der Waals surface area contributed by atoms with Gasteiger partial charge in [0.15, 0.2) is 0 Å². The van der Waals surface area contributed by atoms with Crippen molar-refractivity contribution in [1.82, 2.24) is 0 Å². The van der Waals surface area contributed by atoms with E-state index in [1.54, 1.807) is 13.0 Å². The second kappa shape index (κ2) is 2.81. The van der Waals surface area contributed by atoms with Crippen LogP contribution in [0.15, 0.2) is 18.2 Å². The van der Waals surface area contributed by atoms with E-state index >= 15 is 0 Å². The molecule has 0 saturated heterocycles. The highest BCUT2D eigenvalue weighted by Gasteiger charge is 2.51. The van der Waals surface area contributed by atoms with Crippen LogP contribution < -0.4 is 0 Å². The van der Waals surface area contributed by atoms with Crippen LogP contribution in [0.1, 0.15) is 30.4 Å². The number of halogens is 1. The van der Waals surface area contributed by atoms with E-state index in [0.717, 1.165) is 12.0 Å². The van der Waals surface area contributed by atoms with Crippen molar-refractivity contribution in [2.75, 3.05) is 0 Å². The first-order chi connectivity index (χ1) is 6.57. The molecule has 0 spiro atoms. The Labute approximate surface area is 83.2 Å². The van der Waals surface area contributed by atoms with Crippen molar-refractivity contribution in [2.24, 2.45) is 5.41 Å². The van der Waals surface area contributed by atoms with E-state index in [9.17, 15) is 4.39 Å². The molecule has 2 atom stereocenters. The summed E-state index contributed by atoms with van der Waals surface area (Å²) in [5, 5.41) is 8.90. The summed E-state index contributed by atoms with van der Waals surface area (Å²) < 4.78 is 13.0. The third-order valence-corrected chi connectivity index (χ3v) is 3.08. The molecule has 2 heteroatoms. The van der Waals surface area contributed by atoms with Gasteiger partial charge in [-0.25, -0.2) is 4.39 Å². The predicted molar refractivity (Wildman–Crippen MR) is 52.2 cm³/mol. The molecule has 2 unspecified atom stereocenters. The lowest BCUT2D eigenvalue weighted by molar-refractivity contribution is 0.616. The van der Waals surface area contributed by atoms with Gasteiger partial charge >= 0.3 is 0 Å². The minimum absolute atomic E-state index is 0.173. The molecule has 1 fully saturated rings. The van der Waals surface area contributed by atoms with Gasteiger partial charge in [-0.3, -0.25) is 0 Å². The van der Waals surface area contributed by atoms with Crippen molar-refractivity contribution >= 4 is 0 Å². The van der Waals surface area contributed by atoms with Crippen molar-refractivity contribution < 1.29 is 4.39 Å². The van der Waals surface area contributed by atoms with Gasteiger partial charge in [-0.15, -0.1) is 0 Å². The highest BCUT2D eigenvalue weighted by Crippen LogP contribution is 2.58. The maximum Gasteiger partial charge on any atom is 0.126 e. The lowest BCUT2D eigenvalue weighted by Gasteiger charge is -2.03. The van der Waals surface area contributed by atoms with Crippen LogP contribution in [-0.4, -0.2) is 0 Å². The fraction of sp³-hybridized carbons (Fsp3) is 0.417. The van der Waals surface area contributed by atoms with E-state index in [1.807, 2.05) is 13.0 Å². The number of hydrogen-bond acceptors (Lipinski definition) is 1. The molecule has 0 N–H and O–H groups in total. The van der Waals surface area contributed by atoms with E-state index < -0.39 is 0 Å². The number of aryl methyl sites for hydroxylation is 1. The van der Waals surface area contributed by atoms with Crippen LogP contribution in [0, 0.1) is 29.5 Å². The summed E-state index contributed by atoms with van der Waals surface area (Å²) in [7, 11) is 0. The number of benzene rings is 1. The van der Waals surface area contributed by atoms with Gasteiger partial charge in [-0.1, -0.05) is 12.1 Å². The SMILES string of the molecule is Cc1cc(C2CC2(C)C#N)ccc1F. The first kappa shape index (κ1) is 9.21. The van der Waals surface area contributed by atoms with Crippen molar-refractivity contribution in [1.29, 1.82) is 5.26 Å². The van der Waals surface area contributed by atoms with Gasteiger partial charge in [0, 0.05) is 5.92 Å². The Hall–Kier alpha value is -1.36. The van der Waals surface area contributed by atoms with Crippen LogP contribution >= 0.6 is 0 Å². The zero-order valence-corrected chi connectivity index (χ0v) is 8.34. The Morgan fingerprint density at radius 2 is 2.29 bits per heavy atom. The van der Waals surface area contributed by atoms with E-state index in [2.05, 4.69) is 6.07 Å². The molecule has 0 aromatic heterocycles. The van der Waals surface area contributed by atoms with Gasteiger partial charge in [0.25, 0.3) is 0 Å². The van der Waals surface area contributed by atoms with Crippen molar-refractivity contribution in [3.05, 3.63) is 35.1 Å². The molecule has 0 amide bonds. The van der Waals surface area contributed by atoms with Crippen LogP contribution in [0.3, 0.4) is 0 Å². The molecule has 1 nitrogen and oxygen atoms in total. The summed E-state index contributed by atoms with van der Waals surface area (Å²) in [6.07, 6.45) is 0.897. The Morgan fingerprint density at radius 3 is 2.79 bits per heavy atom. The van der Waals surface area contributed by atoms with Crippen LogP contribution in [0.4, 0.5) is 4.39 Å². The lowest BCUT2D eigenvalue weighted by Crippen LogP contribution is -1.93. The fourth-order valence-corrected chi connectivity index (χ4v) is 1.86. The highest BCUT2D eigenvalue weighted by atomic mass is 19.1. The third-order valence-electron chi connectivity index (χ3n) is 3.08. The van der Waals surface area contributed by atoms with Crippen molar-refractivity contribution in [3.63, 3.8) is 0 Å². The summed E-state index contributed by atoms with van der Waals surface area (Å²) in [5.41, 5.74) is 1.53. The monoisotopic (exact) mass is 189 g/mol. The van der Waals surface area contributed by atoms with Crippen LogP contribution in [0.2, 0.25) is 0 Å². The molecule has 14 heavy (non-hydrogen) atoms. The van der Waals surface area contributed by atoms with Gasteiger partial charge < -0.3 is 0 Å². The Bertz CT molecular complexity index is 419. The summed E-state index contributed by atoms with van der Waals surface area (Å²) >= 11 is 0. The molecule has 1 saturated carbocycles. The van der Waals surface area contributed by atoms with E-state index in [-0.39, 0.29) is 11.2 Å². The second-order valence-electron chi connectivity index (χ2n) is 4.29. The summed E-state index contributed by atoms with van der Waals surface area (Å²) in [6, 6.07) is 7.43. The number of hydrogen-bond donors (Lipinski definition) is 0. The van der Waals surface area contributed by atoms with Crippen LogP contribution in [-0.2, 0) is 0 Å². The van der Waals surface area contributed by atoms with Gasteiger partial charge in [-0.2, -0.15) is 5.26 Å². The van der Waals surface area contributed by atoms with Gasteiger partial charge in [0.1, 0.15) is 5.82 Å². The average Bonchev–Trinajstić information content (AvgIpc) is 2.84. The normalized spacial score (nSPS) is 29.7. The highest BCUT2D eigenvalue weighted by molar-refractivity contribution is 5.36. The first-order valence-corrected chi connectivity index (χ1v) is 4.74. The standard InChI is InChI=1S/C12H12FN/c1-8-5-9(3-4-11(8)13)10-6-12(10,2)7-14/h3-5,10H,6H2,1-2H3. The lowest BCUT2D eigenvalue weighted by atomic mass is 10.0. The van der Waals surface area contributed by atoms with Gasteiger partial charge in [0.05, 0.1) is 11.5 Å². The predicted octanol–water partition coefficient (Wildman–Crippen LogP) is 3.15. The van der Waals surface area contributed by atoms with Crippen molar-refractivity contribution in [3.8, 4) is 6.07 Å². The Balaban J connectivity index is 2.29. The zero-order chi connectivity index (χ0) is 10.3. The fourth-order valence-electron chi connectivity index (χ4n) is 1.86. The molecule has 0 heterocycles. The number of nitriles is 1. The first-order valence-electron chi connectivity index (χ1n) is 4.74. The molecule has 0 radical (unpaired) electrons. The molecule has 1 aliphatic rings. The Morgan fingerprint density at radius 1 is 1.57 bits per heavy atom. The third kappa shape index (κ3) is 1.29. The van der Waals surface area contributed by atoms with Crippen LogP contribution in [0.25, 0.3) is 0 Å². The second-order valence-corrected chi connectivity index (χ2v) is 4.29. The quantitative estimate of drug-likeness (QED) is 0.665. The molecule has 1 aliphatic carbocycles. The van der Waals surface area contributed by atoms with E-state index in [1.165, 1.54) is 6.07 Å². The molecular weight excluding hydrogens is 177 g/mol. The van der Waals surface area contributed by atoms with Crippen LogP contribution in [0.5, 0.6) is 0 Å². The molecule has 72 valence electrons. The average molecular weight is 189 g/mol. The van der Waals surface area contributed by atoms with Gasteiger partial charge in [0.2, 0.25) is 0 Å². The van der Waals surface area contributed by atoms with Gasteiger partial charge in [-0.05, 0) is 37.5 Å². The summed E-state index contributed by atoms with van der Waals surface area (Å²) in [5.74, 6) is 0.125. The van der Waals surface area contributed by atoms with E-state index in [0.29, 0.717) is 11.5 Å². The van der Waals surface area contributed by atoms with Crippen molar-refractivity contribution in [2.45, 2.75) is 26.2 Å².